The van der Waals surface area contributed by atoms with Gasteiger partial charge in [0.1, 0.15) is 0 Å². The third-order valence-corrected chi connectivity index (χ3v) is 3.66. The van der Waals surface area contributed by atoms with E-state index in [1.54, 1.807) is 12.3 Å². The molecule has 0 unspecified atom stereocenters. The van der Waals surface area contributed by atoms with Crippen molar-refractivity contribution in [3.8, 4) is 0 Å². The van der Waals surface area contributed by atoms with Gasteiger partial charge < -0.3 is 4.74 Å². The summed E-state index contributed by atoms with van der Waals surface area (Å²) < 4.78 is 31.1. The van der Waals surface area contributed by atoms with Crippen LogP contribution in [0.2, 0.25) is 0 Å². The lowest BCUT2D eigenvalue weighted by Gasteiger charge is -2.07. The fraction of sp³-hybridized carbons (Fsp3) is 0.462. The van der Waals surface area contributed by atoms with Crippen molar-refractivity contribution in [2.45, 2.75) is 13.3 Å². The number of aromatic nitrogens is 1. The van der Waals surface area contributed by atoms with Crippen molar-refractivity contribution in [1.29, 1.82) is 0 Å². The summed E-state index contributed by atoms with van der Waals surface area (Å²) in [6, 6.07) is 5.45. The van der Waals surface area contributed by atoms with E-state index in [-0.39, 0.29) is 12.3 Å². The van der Waals surface area contributed by atoms with Gasteiger partial charge in [0.25, 0.3) is 0 Å². The number of nitrogens with one attached hydrogen (secondary N) is 1. The highest BCUT2D eigenvalue weighted by Crippen LogP contribution is 1.97. The molecule has 5 nitrogen and oxygen atoms in total. The van der Waals surface area contributed by atoms with Gasteiger partial charge in [0.2, 0.25) is 10.0 Å². The first-order chi connectivity index (χ1) is 8.99. The standard InChI is InChI=1S/C13H20N2O3S/c1-12(2)11-18-9-8-15-19(16,17)10-6-13-5-3-4-7-14-13/h3-5,7,15H,1,6,8-11H2,2H3. The summed E-state index contributed by atoms with van der Waals surface area (Å²) >= 11 is 0. The zero-order valence-electron chi connectivity index (χ0n) is 11.1. The smallest absolute Gasteiger partial charge is 0.212 e. The molecule has 106 valence electrons. The van der Waals surface area contributed by atoms with E-state index in [0.29, 0.717) is 19.6 Å². The predicted molar refractivity (Wildman–Crippen MR) is 75.4 cm³/mol. The summed E-state index contributed by atoms with van der Waals surface area (Å²) in [5.74, 6) is 0.0322. The van der Waals surface area contributed by atoms with Crippen LogP contribution in [0.4, 0.5) is 0 Å². The molecule has 1 N–H and O–H groups in total. The van der Waals surface area contributed by atoms with Gasteiger partial charge in [-0.25, -0.2) is 13.1 Å². The average molecular weight is 284 g/mol. The number of aryl methyl sites for hydroxylation is 1. The maximum atomic E-state index is 11.7. The maximum Gasteiger partial charge on any atom is 0.212 e. The number of nitrogens with zero attached hydrogens (tertiary/aromatic N) is 1. The first kappa shape index (κ1) is 15.8. The van der Waals surface area contributed by atoms with Crippen molar-refractivity contribution in [3.63, 3.8) is 0 Å². The number of rotatable bonds is 9. The van der Waals surface area contributed by atoms with Crippen molar-refractivity contribution < 1.29 is 13.2 Å². The topological polar surface area (TPSA) is 68.3 Å². The van der Waals surface area contributed by atoms with Crippen molar-refractivity contribution in [2.75, 3.05) is 25.5 Å². The lowest BCUT2D eigenvalue weighted by Crippen LogP contribution is -2.30. The van der Waals surface area contributed by atoms with Gasteiger partial charge in [-0.05, 0) is 19.1 Å². The molecule has 0 spiro atoms. The van der Waals surface area contributed by atoms with Crippen molar-refractivity contribution in [3.05, 3.63) is 42.2 Å². The van der Waals surface area contributed by atoms with Crippen LogP contribution in [0.15, 0.2) is 36.5 Å². The zero-order valence-corrected chi connectivity index (χ0v) is 11.9. The normalized spacial score (nSPS) is 11.4. The Labute approximate surface area is 114 Å². The molecule has 0 atom stereocenters. The Morgan fingerprint density at radius 3 is 2.89 bits per heavy atom. The summed E-state index contributed by atoms with van der Waals surface area (Å²) in [7, 11) is -3.27. The number of ether oxygens (including phenoxy) is 1. The van der Waals surface area contributed by atoms with E-state index in [1.807, 2.05) is 19.1 Å². The monoisotopic (exact) mass is 284 g/mol. The molecule has 0 amide bonds. The molecule has 1 rings (SSSR count). The summed E-state index contributed by atoms with van der Waals surface area (Å²) in [5, 5.41) is 0. The molecular formula is C13H20N2O3S. The molecule has 0 bridgehead atoms. The van der Waals surface area contributed by atoms with Gasteiger partial charge in [-0.2, -0.15) is 0 Å². The van der Waals surface area contributed by atoms with E-state index < -0.39 is 10.0 Å². The van der Waals surface area contributed by atoms with E-state index in [1.165, 1.54) is 0 Å². The van der Waals surface area contributed by atoms with Gasteiger partial charge >= 0.3 is 0 Å². The summed E-state index contributed by atoms with van der Waals surface area (Å²) in [6.07, 6.45) is 2.06. The Morgan fingerprint density at radius 2 is 2.26 bits per heavy atom. The van der Waals surface area contributed by atoms with Crippen LogP contribution in [-0.4, -0.2) is 38.9 Å². The quantitative estimate of drug-likeness (QED) is 0.545. The van der Waals surface area contributed by atoms with Crippen LogP contribution in [-0.2, 0) is 21.2 Å². The van der Waals surface area contributed by atoms with Crippen LogP contribution in [0.3, 0.4) is 0 Å². The van der Waals surface area contributed by atoms with Gasteiger partial charge in [-0.3, -0.25) is 4.98 Å². The number of sulfonamides is 1. The van der Waals surface area contributed by atoms with Gasteiger partial charge in [0.05, 0.1) is 19.0 Å². The SMILES string of the molecule is C=C(C)COCCNS(=O)(=O)CCc1ccccn1. The molecule has 0 radical (unpaired) electrons. The molecule has 1 aromatic heterocycles. The predicted octanol–water partition coefficient (Wildman–Crippen LogP) is 1.14. The number of pyridine rings is 1. The Hall–Kier alpha value is -1.24. The lowest BCUT2D eigenvalue weighted by atomic mass is 10.3. The van der Waals surface area contributed by atoms with Gasteiger partial charge in [0.15, 0.2) is 0 Å². The second-order valence-corrected chi connectivity index (χ2v) is 6.22. The third kappa shape index (κ3) is 7.71. The molecule has 0 fully saturated rings. The molecule has 6 heteroatoms. The second kappa shape index (κ2) is 8.04. The summed E-state index contributed by atoms with van der Waals surface area (Å²) in [6.45, 7) is 6.62. The molecule has 1 aromatic rings. The van der Waals surface area contributed by atoms with E-state index in [0.717, 1.165) is 11.3 Å². The Kier molecular flexibility index (Phi) is 6.69. The van der Waals surface area contributed by atoms with Crippen LogP contribution >= 0.6 is 0 Å². The van der Waals surface area contributed by atoms with Crippen LogP contribution < -0.4 is 4.72 Å². The number of hydrogen-bond donors (Lipinski definition) is 1. The molecule has 0 aliphatic heterocycles. The van der Waals surface area contributed by atoms with Crippen molar-refractivity contribution >= 4 is 10.0 Å². The Morgan fingerprint density at radius 1 is 1.47 bits per heavy atom. The Balaban J connectivity index is 2.23. The van der Waals surface area contributed by atoms with Crippen LogP contribution in [0, 0.1) is 0 Å². The fourth-order valence-corrected chi connectivity index (χ4v) is 2.39. The highest BCUT2D eigenvalue weighted by atomic mass is 32.2. The highest BCUT2D eigenvalue weighted by molar-refractivity contribution is 7.89. The minimum atomic E-state index is -3.27. The first-order valence-corrected chi connectivity index (χ1v) is 7.74. The van der Waals surface area contributed by atoms with Crippen molar-refractivity contribution in [2.24, 2.45) is 0 Å². The molecule has 1 heterocycles. The second-order valence-electron chi connectivity index (χ2n) is 4.29. The largest absolute Gasteiger partial charge is 0.376 e. The van der Waals surface area contributed by atoms with E-state index in [9.17, 15) is 8.42 Å². The van der Waals surface area contributed by atoms with E-state index in [2.05, 4.69) is 16.3 Å². The molecule has 0 saturated heterocycles. The molecule has 0 aliphatic rings. The fourth-order valence-electron chi connectivity index (χ4n) is 1.37. The highest BCUT2D eigenvalue weighted by Gasteiger charge is 2.09. The minimum Gasteiger partial charge on any atom is -0.376 e. The Bertz CT molecular complexity index is 486. The van der Waals surface area contributed by atoms with Gasteiger partial charge in [0, 0.05) is 24.9 Å². The lowest BCUT2D eigenvalue weighted by molar-refractivity contribution is 0.162. The van der Waals surface area contributed by atoms with Crippen LogP contribution in [0.5, 0.6) is 0 Å². The summed E-state index contributed by atoms with van der Waals surface area (Å²) in [4.78, 5) is 4.08. The zero-order chi connectivity index (χ0) is 14.1. The molecule has 0 aliphatic carbocycles. The van der Waals surface area contributed by atoms with E-state index >= 15 is 0 Å². The van der Waals surface area contributed by atoms with Crippen molar-refractivity contribution in [1.82, 2.24) is 9.71 Å². The first-order valence-electron chi connectivity index (χ1n) is 6.09. The molecule has 19 heavy (non-hydrogen) atoms. The van der Waals surface area contributed by atoms with Crippen LogP contribution in [0.25, 0.3) is 0 Å². The maximum absolute atomic E-state index is 11.7. The van der Waals surface area contributed by atoms with Gasteiger partial charge in [-0.1, -0.05) is 18.2 Å². The van der Waals surface area contributed by atoms with Gasteiger partial charge in [-0.15, -0.1) is 0 Å². The molecule has 0 aromatic carbocycles. The molecule has 0 saturated carbocycles. The number of hydrogen-bond acceptors (Lipinski definition) is 4. The minimum absolute atomic E-state index is 0.0322. The third-order valence-electron chi connectivity index (χ3n) is 2.27. The summed E-state index contributed by atoms with van der Waals surface area (Å²) in [5.41, 5.74) is 1.68. The van der Waals surface area contributed by atoms with E-state index in [4.69, 9.17) is 4.74 Å². The average Bonchev–Trinajstić information content (AvgIpc) is 2.37. The molecular weight excluding hydrogens is 264 g/mol. The van der Waals surface area contributed by atoms with Crippen LogP contribution in [0.1, 0.15) is 12.6 Å².